The molecule has 3 rings (SSSR count). The summed E-state index contributed by atoms with van der Waals surface area (Å²) in [7, 11) is 0. The van der Waals surface area contributed by atoms with Gasteiger partial charge >= 0.3 is 11.9 Å². The molecule has 0 bridgehead atoms. The van der Waals surface area contributed by atoms with Crippen molar-refractivity contribution in [2.75, 3.05) is 6.61 Å². The second kappa shape index (κ2) is 10.6. The molecular weight excluding hydrogens is 426 g/mol. The minimum atomic E-state index is -1.05. The van der Waals surface area contributed by atoms with Crippen molar-refractivity contribution >= 4 is 23.3 Å². The van der Waals surface area contributed by atoms with E-state index in [0.29, 0.717) is 18.8 Å². The molecular formula is C25H29NO5S. The van der Waals surface area contributed by atoms with Gasteiger partial charge in [0.25, 0.3) is 0 Å². The molecule has 6 nitrogen and oxygen atoms in total. The van der Waals surface area contributed by atoms with Crippen LogP contribution in [0.25, 0.3) is 0 Å². The molecule has 3 aromatic rings. The van der Waals surface area contributed by atoms with Crippen LogP contribution in [0.5, 0.6) is 5.88 Å². The van der Waals surface area contributed by atoms with Gasteiger partial charge in [-0.2, -0.15) is 0 Å². The van der Waals surface area contributed by atoms with Crippen LogP contribution in [0.3, 0.4) is 0 Å². The van der Waals surface area contributed by atoms with Crippen molar-refractivity contribution in [2.24, 2.45) is 5.41 Å². The van der Waals surface area contributed by atoms with Crippen molar-refractivity contribution in [1.29, 1.82) is 0 Å². The van der Waals surface area contributed by atoms with Crippen molar-refractivity contribution < 1.29 is 24.5 Å². The first kappa shape index (κ1) is 23.8. The van der Waals surface area contributed by atoms with Crippen molar-refractivity contribution in [3.05, 3.63) is 75.6 Å². The lowest BCUT2D eigenvalue weighted by atomic mass is 9.87. The Morgan fingerprint density at radius 3 is 2.47 bits per heavy atom. The average Bonchev–Trinajstić information content (AvgIpc) is 3.42. The van der Waals surface area contributed by atoms with E-state index in [9.17, 15) is 14.7 Å². The van der Waals surface area contributed by atoms with E-state index in [0.717, 1.165) is 35.4 Å². The van der Waals surface area contributed by atoms with E-state index in [4.69, 9.17) is 9.84 Å². The summed E-state index contributed by atoms with van der Waals surface area (Å²) in [4.78, 5) is 25.2. The molecule has 0 saturated heterocycles. The summed E-state index contributed by atoms with van der Waals surface area (Å²) >= 11 is 1.54. The maximum Gasteiger partial charge on any atom is 0.335 e. The van der Waals surface area contributed by atoms with E-state index < -0.39 is 17.4 Å². The molecule has 1 unspecified atom stereocenters. The van der Waals surface area contributed by atoms with Crippen LogP contribution >= 0.6 is 11.3 Å². The maximum absolute atomic E-state index is 13.1. The summed E-state index contributed by atoms with van der Waals surface area (Å²) in [6.45, 7) is 3.97. The SMILES string of the molecule is CCCCc1ccc(OC(=O)C(C)(CO)Cc2cccs2)n1Cc1ccc(C(=O)O)cc1. The third kappa shape index (κ3) is 5.66. The Bertz CT molecular complexity index is 1040. The lowest BCUT2D eigenvalue weighted by molar-refractivity contribution is -0.147. The molecule has 0 spiro atoms. The zero-order valence-electron chi connectivity index (χ0n) is 18.4. The minimum Gasteiger partial charge on any atom is -0.478 e. The van der Waals surface area contributed by atoms with Crippen LogP contribution < -0.4 is 4.74 Å². The zero-order chi connectivity index (χ0) is 23.1. The number of carbonyl (C=O) groups is 2. The molecule has 2 heterocycles. The number of carboxylic acids is 1. The number of esters is 1. The van der Waals surface area contributed by atoms with Gasteiger partial charge in [-0.15, -0.1) is 11.3 Å². The number of aliphatic hydroxyl groups is 1. The quantitative estimate of drug-likeness (QED) is 0.406. The van der Waals surface area contributed by atoms with Gasteiger partial charge in [0.05, 0.1) is 24.1 Å². The smallest absolute Gasteiger partial charge is 0.335 e. The van der Waals surface area contributed by atoms with Gasteiger partial charge < -0.3 is 19.5 Å². The highest BCUT2D eigenvalue weighted by atomic mass is 32.1. The van der Waals surface area contributed by atoms with E-state index in [1.807, 2.05) is 28.1 Å². The normalized spacial score (nSPS) is 13.0. The summed E-state index contributed by atoms with van der Waals surface area (Å²) in [5.74, 6) is -1.02. The van der Waals surface area contributed by atoms with Gasteiger partial charge in [0.15, 0.2) is 0 Å². The molecule has 0 saturated carbocycles. The second-order valence-electron chi connectivity index (χ2n) is 8.22. The van der Waals surface area contributed by atoms with Crippen LogP contribution in [0, 0.1) is 5.41 Å². The maximum atomic E-state index is 13.1. The summed E-state index contributed by atoms with van der Waals surface area (Å²) < 4.78 is 7.77. The summed E-state index contributed by atoms with van der Waals surface area (Å²) in [5.41, 5.74) is 1.13. The van der Waals surface area contributed by atoms with E-state index >= 15 is 0 Å². The van der Waals surface area contributed by atoms with Crippen LogP contribution in [0.2, 0.25) is 0 Å². The molecule has 0 radical (unpaired) electrons. The van der Waals surface area contributed by atoms with Crippen LogP contribution in [0.15, 0.2) is 53.9 Å². The van der Waals surface area contributed by atoms with Gasteiger partial charge in [0.1, 0.15) is 0 Å². The van der Waals surface area contributed by atoms with Crippen molar-refractivity contribution in [2.45, 2.75) is 46.1 Å². The Labute approximate surface area is 192 Å². The van der Waals surface area contributed by atoms with Crippen LogP contribution in [-0.2, 0) is 24.2 Å². The summed E-state index contributed by atoms with van der Waals surface area (Å²) in [6.07, 6.45) is 3.28. The summed E-state index contributed by atoms with van der Waals surface area (Å²) in [6, 6.07) is 14.3. The highest BCUT2D eigenvalue weighted by Crippen LogP contribution is 2.29. The van der Waals surface area contributed by atoms with Crippen LogP contribution in [0.4, 0.5) is 0 Å². The number of aliphatic hydroxyl groups excluding tert-OH is 1. The van der Waals surface area contributed by atoms with Crippen LogP contribution in [0.1, 0.15) is 53.2 Å². The number of aromatic nitrogens is 1. The summed E-state index contributed by atoms with van der Waals surface area (Å²) in [5, 5.41) is 21.0. The molecule has 1 atom stereocenters. The first-order valence-electron chi connectivity index (χ1n) is 10.7. The third-order valence-corrected chi connectivity index (χ3v) is 6.42. The van der Waals surface area contributed by atoms with Crippen molar-refractivity contribution in [1.82, 2.24) is 4.57 Å². The fourth-order valence-corrected chi connectivity index (χ4v) is 4.37. The van der Waals surface area contributed by atoms with E-state index in [-0.39, 0.29) is 12.2 Å². The molecule has 1 aromatic carbocycles. The molecule has 0 amide bonds. The lowest BCUT2D eigenvalue weighted by Gasteiger charge is -2.25. The Morgan fingerprint density at radius 2 is 1.88 bits per heavy atom. The van der Waals surface area contributed by atoms with Gasteiger partial charge in [-0.1, -0.05) is 31.5 Å². The topological polar surface area (TPSA) is 88.8 Å². The van der Waals surface area contributed by atoms with Gasteiger partial charge in [0, 0.05) is 16.6 Å². The number of rotatable bonds is 11. The number of carboxylic acid groups (broad SMARTS) is 1. The lowest BCUT2D eigenvalue weighted by Crippen LogP contribution is -2.37. The second-order valence-corrected chi connectivity index (χ2v) is 9.25. The number of hydrogen-bond acceptors (Lipinski definition) is 5. The molecule has 170 valence electrons. The van der Waals surface area contributed by atoms with Gasteiger partial charge in [-0.3, -0.25) is 4.79 Å². The number of aromatic carboxylic acids is 1. The number of unbranched alkanes of at least 4 members (excludes halogenated alkanes) is 1. The van der Waals surface area contributed by atoms with Gasteiger partial charge in [-0.05, 0) is 61.4 Å². The predicted octanol–water partition coefficient (Wildman–Crippen LogP) is 4.79. The number of benzene rings is 1. The first-order chi connectivity index (χ1) is 15.4. The number of thiophene rings is 1. The highest BCUT2D eigenvalue weighted by molar-refractivity contribution is 7.09. The standard InChI is InChI=1S/C25H29NO5S/c1-3-4-6-20-12-13-22(26(20)16-18-8-10-19(11-9-18)23(28)29)31-24(30)25(2,17-27)15-21-7-5-14-32-21/h5,7-14,27H,3-4,6,15-17H2,1-2H3,(H,28,29). The Balaban J connectivity index is 1.84. The fraction of sp³-hybridized carbons (Fsp3) is 0.360. The number of nitrogens with zero attached hydrogens (tertiary/aromatic N) is 1. The Hall–Kier alpha value is -2.90. The molecule has 0 aliphatic carbocycles. The molecule has 2 aromatic heterocycles. The first-order valence-corrected chi connectivity index (χ1v) is 11.6. The third-order valence-electron chi connectivity index (χ3n) is 5.54. The number of aryl methyl sites for hydroxylation is 1. The number of carbonyl (C=O) groups excluding carboxylic acids is 1. The average molecular weight is 456 g/mol. The monoisotopic (exact) mass is 455 g/mol. The molecule has 0 aliphatic heterocycles. The Kier molecular flexibility index (Phi) is 7.88. The zero-order valence-corrected chi connectivity index (χ0v) is 19.2. The Morgan fingerprint density at radius 1 is 1.12 bits per heavy atom. The number of hydrogen-bond donors (Lipinski definition) is 2. The van der Waals surface area contributed by atoms with Crippen molar-refractivity contribution in [3.63, 3.8) is 0 Å². The van der Waals surface area contributed by atoms with E-state index in [2.05, 4.69) is 6.92 Å². The van der Waals surface area contributed by atoms with Gasteiger partial charge in [0.2, 0.25) is 5.88 Å². The largest absolute Gasteiger partial charge is 0.478 e. The fourth-order valence-electron chi connectivity index (χ4n) is 3.48. The van der Waals surface area contributed by atoms with Crippen molar-refractivity contribution in [3.8, 4) is 5.88 Å². The molecule has 2 N–H and O–H groups in total. The highest BCUT2D eigenvalue weighted by Gasteiger charge is 2.36. The molecule has 0 fully saturated rings. The van der Waals surface area contributed by atoms with E-state index in [1.165, 1.54) is 0 Å². The molecule has 0 aliphatic rings. The van der Waals surface area contributed by atoms with Gasteiger partial charge in [-0.25, -0.2) is 4.79 Å². The van der Waals surface area contributed by atoms with Crippen LogP contribution in [-0.4, -0.2) is 33.3 Å². The minimum absolute atomic E-state index is 0.228. The van der Waals surface area contributed by atoms with E-state index in [1.54, 1.807) is 48.6 Å². The number of ether oxygens (including phenoxy) is 1. The molecule has 7 heteroatoms. The molecule has 32 heavy (non-hydrogen) atoms. The predicted molar refractivity (Wildman–Crippen MR) is 124 cm³/mol.